The van der Waals surface area contributed by atoms with Crippen LogP contribution >= 0.6 is 0 Å². The quantitative estimate of drug-likeness (QED) is 0.863. The summed E-state index contributed by atoms with van der Waals surface area (Å²) in [6, 6.07) is 20.4. The standard InChI is InChI=1S/C20H21NO2/c22-20-16-11-12-19(23-17-9-5-2-6-10-17)18(13-16)21(20)14-15-7-3-1-4-8-15/h1-10,16,18-19H,11-14H2/t16-,18-,19-/m1/s1. The lowest BCUT2D eigenvalue weighted by Crippen LogP contribution is -2.43. The zero-order chi connectivity index (χ0) is 15.6. The van der Waals surface area contributed by atoms with E-state index in [9.17, 15) is 4.79 Å². The van der Waals surface area contributed by atoms with Crippen molar-refractivity contribution >= 4 is 5.91 Å². The number of carbonyl (C=O) groups excluding carboxylic acids is 1. The molecule has 2 aliphatic rings. The van der Waals surface area contributed by atoms with Gasteiger partial charge in [0.1, 0.15) is 11.9 Å². The number of likely N-dealkylation sites (tertiary alicyclic amines) is 1. The first kappa shape index (κ1) is 14.3. The Balaban J connectivity index is 1.53. The molecule has 1 amide bonds. The highest BCUT2D eigenvalue weighted by atomic mass is 16.5. The van der Waals surface area contributed by atoms with Crippen LogP contribution in [0, 0.1) is 5.92 Å². The van der Waals surface area contributed by atoms with Crippen LogP contribution in [-0.2, 0) is 11.3 Å². The van der Waals surface area contributed by atoms with Gasteiger partial charge in [-0.1, -0.05) is 48.5 Å². The molecular weight excluding hydrogens is 286 g/mol. The number of hydrogen-bond donors (Lipinski definition) is 0. The molecule has 23 heavy (non-hydrogen) atoms. The van der Waals surface area contributed by atoms with Crippen molar-refractivity contribution in [3.05, 3.63) is 66.2 Å². The van der Waals surface area contributed by atoms with Gasteiger partial charge in [-0.05, 0) is 37.0 Å². The van der Waals surface area contributed by atoms with Crippen molar-refractivity contribution in [3.63, 3.8) is 0 Å². The molecule has 2 fully saturated rings. The van der Waals surface area contributed by atoms with Crippen molar-refractivity contribution in [2.75, 3.05) is 0 Å². The van der Waals surface area contributed by atoms with Crippen LogP contribution in [0.2, 0.25) is 0 Å². The first-order valence-electron chi connectivity index (χ1n) is 8.37. The van der Waals surface area contributed by atoms with E-state index in [-0.39, 0.29) is 18.1 Å². The van der Waals surface area contributed by atoms with Gasteiger partial charge < -0.3 is 9.64 Å². The molecule has 1 aliphatic heterocycles. The fourth-order valence-corrected chi connectivity index (χ4v) is 3.86. The van der Waals surface area contributed by atoms with Crippen LogP contribution in [0.15, 0.2) is 60.7 Å². The molecule has 0 aromatic heterocycles. The minimum absolute atomic E-state index is 0.101. The molecular formula is C20H21NO2. The maximum atomic E-state index is 12.7. The van der Waals surface area contributed by atoms with Crippen LogP contribution in [-0.4, -0.2) is 23.0 Å². The Labute approximate surface area is 136 Å². The molecule has 0 unspecified atom stereocenters. The predicted octanol–water partition coefficient (Wildman–Crippen LogP) is 3.65. The van der Waals surface area contributed by atoms with E-state index in [0.717, 1.165) is 25.0 Å². The maximum Gasteiger partial charge on any atom is 0.226 e. The molecule has 2 bridgehead atoms. The Morgan fingerprint density at radius 2 is 1.65 bits per heavy atom. The molecule has 0 N–H and O–H groups in total. The van der Waals surface area contributed by atoms with Crippen LogP contribution < -0.4 is 4.74 Å². The largest absolute Gasteiger partial charge is 0.488 e. The van der Waals surface area contributed by atoms with Gasteiger partial charge in [0, 0.05) is 12.5 Å². The number of para-hydroxylation sites is 1. The number of ether oxygens (including phenoxy) is 1. The highest BCUT2D eigenvalue weighted by molar-refractivity contribution is 5.82. The van der Waals surface area contributed by atoms with E-state index in [0.29, 0.717) is 12.5 Å². The number of amides is 1. The van der Waals surface area contributed by atoms with Crippen LogP contribution in [0.1, 0.15) is 24.8 Å². The summed E-state index contributed by atoms with van der Waals surface area (Å²) in [5.41, 5.74) is 1.19. The van der Waals surface area contributed by atoms with Crippen molar-refractivity contribution in [3.8, 4) is 5.75 Å². The second-order valence-corrected chi connectivity index (χ2v) is 6.50. The fourth-order valence-electron chi connectivity index (χ4n) is 3.86. The van der Waals surface area contributed by atoms with Gasteiger partial charge in [-0.3, -0.25) is 4.79 Å². The molecule has 1 saturated carbocycles. The predicted molar refractivity (Wildman–Crippen MR) is 89.0 cm³/mol. The molecule has 0 radical (unpaired) electrons. The first-order valence-corrected chi connectivity index (χ1v) is 8.37. The second kappa shape index (κ2) is 6.07. The van der Waals surface area contributed by atoms with Crippen molar-refractivity contribution in [2.45, 2.75) is 38.0 Å². The normalized spacial score (nSPS) is 26.3. The molecule has 2 aromatic carbocycles. The molecule has 2 aromatic rings. The SMILES string of the molecule is O=C1[C@@H]2CC[C@@H](Oc3ccccc3)[C@@H](C2)N1Cc1ccccc1. The molecule has 3 nitrogen and oxygen atoms in total. The highest BCUT2D eigenvalue weighted by Gasteiger charge is 2.47. The molecule has 3 atom stereocenters. The Hall–Kier alpha value is -2.29. The minimum Gasteiger partial charge on any atom is -0.488 e. The summed E-state index contributed by atoms with van der Waals surface area (Å²) in [7, 11) is 0. The highest BCUT2D eigenvalue weighted by Crippen LogP contribution is 2.39. The number of carbonyl (C=O) groups is 1. The molecule has 4 rings (SSSR count). The summed E-state index contributed by atoms with van der Waals surface area (Å²) in [4.78, 5) is 14.7. The lowest BCUT2D eigenvalue weighted by Gasteiger charge is -2.32. The summed E-state index contributed by atoms with van der Waals surface area (Å²) >= 11 is 0. The topological polar surface area (TPSA) is 29.5 Å². The Kier molecular flexibility index (Phi) is 3.78. The third-order valence-corrected chi connectivity index (χ3v) is 5.01. The Morgan fingerprint density at radius 3 is 2.39 bits per heavy atom. The number of nitrogens with zero attached hydrogens (tertiary/aromatic N) is 1. The summed E-state index contributed by atoms with van der Waals surface area (Å²) in [6.45, 7) is 0.690. The van der Waals surface area contributed by atoms with E-state index in [4.69, 9.17) is 4.74 Å². The fraction of sp³-hybridized carbons (Fsp3) is 0.350. The van der Waals surface area contributed by atoms with Crippen LogP contribution in [0.3, 0.4) is 0 Å². The van der Waals surface area contributed by atoms with Crippen molar-refractivity contribution in [1.29, 1.82) is 0 Å². The molecule has 1 heterocycles. The van der Waals surface area contributed by atoms with Gasteiger partial charge in [-0.25, -0.2) is 0 Å². The number of hydrogen-bond acceptors (Lipinski definition) is 2. The first-order chi connectivity index (χ1) is 11.3. The van der Waals surface area contributed by atoms with Crippen molar-refractivity contribution < 1.29 is 9.53 Å². The van der Waals surface area contributed by atoms with Gasteiger partial charge >= 0.3 is 0 Å². The zero-order valence-electron chi connectivity index (χ0n) is 13.1. The van der Waals surface area contributed by atoms with Gasteiger partial charge in [0.25, 0.3) is 0 Å². The lowest BCUT2D eigenvalue weighted by atomic mass is 9.88. The monoisotopic (exact) mass is 307 g/mol. The number of rotatable bonds is 4. The molecule has 3 heteroatoms. The van der Waals surface area contributed by atoms with E-state index in [1.54, 1.807) is 0 Å². The lowest BCUT2D eigenvalue weighted by molar-refractivity contribution is -0.132. The average Bonchev–Trinajstić information content (AvgIpc) is 2.85. The van der Waals surface area contributed by atoms with E-state index < -0.39 is 0 Å². The van der Waals surface area contributed by atoms with Gasteiger partial charge in [0.2, 0.25) is 5.91 Å². The summed E-state index contributed by atoms with van der Waals surface area (Å²) in [5.74, 6) is 1.40. The smallest absolute Gasteiger partial charge is 0.226 e. The summed E-state index contributed by atoms with van der Waals surface area (Å²) in [6.07, 6.45) is 2.94. The third-order valence-electron chi connectivity index (χ3n) is 5.01. The van der Waals surface area contributed by atoms with Crippen LogP contribution in [0.25, 0.3) is 0 Å². The third kappa shape index (κ3) is 2.83. The van der Waals surface area contributed by atoms with E-state index in [1.165, 1.54) is 5.56 Å². The number of benzene rings is 2. The Morgan fingerprint density at radius 1 is 0.957 bits per heavy atom. The average molecular weight is 307 g/mol. The van der Waals surface area contributed by atoms with Crippen LogP contribution in [0.5, 0.6) is 5.75 Å². The van der Waals surface area contributed by atoms with Crippen molar-refractivity contribution in [1.82, 2.24) is 4.90 Å². The van der Waals surface area contributed by atoms with Gasteiger partial charge in [-0.15, -0.1) is 0 Å². The second-order valence-electron chi connectivity index (χ2n) is 6.50. The van der Waals surface area contributed by atoms with Gasteiger partial charge in [0.15, 0.2) is 0 Å². The van der Waals surface area contributed by atoms with Crippen molar-refractivity contribution in [2.24, 2.45) is 5.92 Å². The maximum absolute atomic E-state index is 12.7. The molecule has 118 valence electrons. The molecule has 1 aliphatic carbocycles. The van der Waals surface area contributed by atoms with E-state index in [2.05, 4.69) is 12.1 Å². The zero-order valence-corrected chi connectivity index (χ0v) is 13.1. The van der Waals surface area contributed by atoms with Gasteiger partial charge in [-0.2, -0.15) is 0 Å². The van der Waals surface area contributed by atoms with Gasteiger partial charge in [0.05, 0.1) is 6.04 Å². The molecule has 0 spiro atoms. The van der Waals surface area contributed by atoms with Crippen LogP contribution in [0.4, 0.5) is 0 Å². The minimum atomic E-state index is 0.101. The van der Waals surface area contributed by atoms with E-state index >= 15 is 0 Å². The van der Waals surface area contributed by atoms with E-state index in [1.807, 2.05) is 53.4 Å². The number of fused-ring (bicyclic) bond motifs is 2. The summed E-state index contributed by atoms with van der Waals surface area (Å²) in [5, 5.41) is 0. The Bertz CT molecular complexity index is 671. The summed E-state index contributed by atoms with van der Waals surface area (Å²) < 4.78 is 6.21. The molecule has 1 saturated heterocycles.